The lowest BCUT2D eigenvalue weighted by Crippen LogP contribution is -2.41. The molecule has 0 aliphatic rings. The first kappa shape index (κ1) is 21.7. The summed E-state index contributed by atoms with van der Waals surface area (Å²) < 4.78 is 11.0. The Kier molecular flexibility index (Phi) is 8.73. The third-order valence-corrected chi connectivity index (χ3v) is 4.63. The lowest BCUT2D eigenvalue weighted by molar-refractivity contribution is -0.144. The molecule has 148 valence electrons. The van der Waals surface area contributed by atoms with E-state index in [0.717, 1.165) is 9.13 Å². The maximum absolute atomic E-state index is 12.1. The van der Waals surface area contributed by atoms with Crippen LogP contribution in [0.3, 0.4) is 0 Å². The molecule has 0 bridgehead atoms. The number of esters is 1. The number of ether oxygens (including phenoxy) is 2. The number of methoxy groups -OCH3 is 1. The Labute approximate surface area is 176 Å². The van der Waals surface area contributed by atoms with Gasteiger partial charge in [0.05, 0.1) is 23.7 Å². The van der Waals surface area contributed by atoms with Crippen molar-refractivity contribution in [3.63, 3.8) is 0 Å². The number of carbonyl (C=O) groups is 3. The Hall–Kier alpha value is -2.62. The van der Waals surface area contributed by atoms with E-state index in [9.17, 15) is 14.4 Å². The van der Waals surface area contributed by atoms with Crippen LogP contribution in [0.5, 0.6) is 5.75 Å². The zero-order valence-corrected chi connectivity index (χ0v) is 17.5. The van der Waals surface area contributed by atoms with E-state index in [1.54, 1.807) is 25.3 Å². The second kappa shape index (κ2) is 11.3. The normalized spacial score (nSPS) is 10.1. The van der Waals surface area contributed by atoms with Crippen LogP contribution < -0.4 is 15.6 Å². The van der Waals surface area contributed by atoms with Gasteiger partial charge in [-0.3, -0.25) is 25.2 Å². The predicted octanol–water partition coefficient (Wildman–Crippen LogP) is 2.63. The fourth-order valence-corrected chi connectivity index (χ4v) is 3.02. The van der Waals surface area contributed by atoms with Crippen LogP contribution in [-0.2, 0) is 20.7 Å². The first-order valence-corrected chi connectivity index (χ1v) is 9.69. The monoisotopic (exact) mass is 496 g/mol. The molecule has 2 aromatic rings. The topological polar surface area (TPSA) is 93.7 Å². The van der Waals surface area contributed by atoms with Gasteiger partial charge in [0, 0.05) is 18.4 Å². The molecule has 28 heavy (non-hydrogen) atoms. The minimum Gasteiger partial charge on any atom is -0.496 e. The van der Waals surface area contributed by atoms with Crippen molar-refractivity contribution in [1.82, 2.24) is 10.9 Å². The second-order valence-electron chi connectivity index (χ2n) is 5.81. The summed E-state index contributed by atoms with van der Waals surface area (Å²) in [4.78, 5) is 35.5. The highest BCUT2D eigenvalue weighted by molar-refractivity contribution is 14.1. The Balaban J connectivity index is 1.65. The van der Waals surface area contributed by atoms with E-state index >= 15 is 0 Å². The Morgan fingerprint density at radius 2 is 1.75 bits per heavy atom. The van der Waals surface area contributed by atoms with Crippen LogP contribution in [0, 0.1) is 3.57 Å². The lowest BCUT2D eigenvalue weighted by Gasteiger charge is -2.09. The van der Waals surface area contributed by atoms with Crippen LogP contribution in [0.25, 0.3) is 0 Å². The van der Waals surface area contributed by atoms with E-state index in [-0.39, 0.29) is 19.4 Å². The van der Waals surface area contributed by atoms with Gasteiger partial charge >= 0.3 is 5.97 Å². The highest BCUT2D eigenvalue weighted by Crippen LogP contribution is 2.21. The summed E-state index contributed by atoms with van der Waals surface area (Å²) in [6.45, 7) is 0.261. The fourth-order valence-electron chi connectivity index (χ4n) is 2.28. The molecule has 7 nitrogen and oxygen atoms in total. The summed E-state index contributed by atoms with van der Waals surface area (Å²) in [6, 6.07) is 14.6. The molecule has 0 saturated heterocycles. The minimum atomic E-state index is -0.475. The quantitative estimate of drug-likeness (QED) is 0.333. The van der Waals surface area contributed by atoms with Gasteiger partial charge in [-0.05, 0) is 46.4 Å². The van der Waals surface area contributed by atoms with Gasteiger partial charge in [0.25, 0.3) is 5.91 Å². The van der Waals surface area contributed by atoms with Crippen molar-refractivity contribution in [2.45, 2.75) is 19.3 Å². The van der Waals surface area contributed by atoms with Crippen LogP contribution in [0.4, 0.5) is 0 Å². The fraction of sp³-hybridized carbons (Fsp3) is 0.250. The minimum absolute atomic E-state index is 0.0586. The molecule has 2 rings (SSSR count). The number of halogens is 1. The number of benzene rings is 2. The van der Waals surface area contributed by atoms with E-state index in [4.69, 9.17) is 9.47 Å². The zero-order chi connectivity index (χ0) is 20.4. The lowest BCUT2D eigenvalue weighted by atomic mass is 10.2. The largest absolute Gasteiger partial charge is 0.496 e. The average molecular weight is 496 g/mol. The first-order chi connectivity index (χ1) is 13.5. The third kappa shape index (κ3) is 7.18. The molecule has 2 N–H and O–H groups in total. The van der Waals surface area contributed by atoms with Crippen molar-refractivity contribution in [3.05, 3.63) is 63.2 Å². The van der Waals surface area contributed by atoms with Crippen LogP contribution in [0.15, 0.2) is 48.5 Å². The predicted molar refractivity (Wildman–Crippen MR) is 112 cm³/mol. The van der Waals surface area contributed by atoms with E-state index in [0.29, 0.717) is 17.7 Å². The third-order valence-electron chi connectivity index (χ3n) is 3.78. The second-order valence-corrected chi connectivity index (χ2v) is 6.97. The molecule has 0 fully saturated rings. The van der Waals surface area contributed by atoms with Crippen molar-refractivity contribution in [2.75, 3.05) is 13.7 Å². The number of hydrogen-bond donors (Lipinski definition) is 2. The standard InChI is InChI=1S/C20H21IN2O5/c1-27-17-8-7-15(13-16(17)21)20(26)23-22-18(24)9-10-19(25)28-12-11-14-5-3-2-4-6-14/h2-8,13H,9-12H2,1H3,(H,22,24)(H,23,26). The van der Waals surface area contributed by atoms with Crippen molar-refractivity contribution >= 4 is 40.4 Å². The molecule has 2 amide bonds. The molecule has 8 heteroatoms. The van der Waals surface area contributed by atoms with Crippen molar-refractivity contribution < 1.29 is 23.9 Å². The van der Waals surface area contributed by atoms with Gasteiger partial charge in [0.15, 0.2) is 0 Å². The summed E-state index contributed by atoms with van der Waals surface area (Å²) >= 11 is 2.05. The molecule has 0 aliphatic carbocycles. The maximum atomic E-state index is 12.1. The van der Waals surface area contributed by atoms with Gasteiger partial charge < -0.3 is 9.47 Å². The average Bonchev–Trinajstić information content (AvgIpc) is 2.71. The number of hydrazine groups is 1. The molecule has 0 saturated carbocycles. The highest BCUT2D eigenvalue weighted by atomic mass is 127. The zero-order valence-electron chi connectivity index (χ0n) is 15.4. The molecule has 0 unspecified atom stereocenters. The van der Waals surface area contributed by atoms with Gasteiger partial charge in [0.1, 0.15) is 5.75 Å². The Morgan fingerprint density at radius 3 is 2.43 bits per heavy atom. The summed E-state index contributed by atoms with van der Waals surface area (Å²) in [5, 5.41) is 0. The molecule has 0 atom stereocenters. The number of nitrogens with one attached hydrogen (secondary N) is 2. The van der Waals surface area contributed by atoms with Gasteiger partial charge in [-0.2, -0.15) is 0 Å². The van der Waals surface area contributed by atoms with Crippen molar-refractivity contribution in [2.24, 2.45) is 0 Å². The van der Waals surface area contributed by atoms with Gasteiger partial charge in [0.2, 0.25) is 5.91 Å². The Bertz CT molecular complexity index is 827. The first-order valence-electron chi connectivity index (χ1n) is 8.62. The van der Waals surface area contributed by atoms with Crippen LogP contribution in [0.2, 0.25) is 0 Å². The number of carbonyl (C=O) groups excluding carboxylic acids is 3. The van der Waals surface area contributed by atoms with Gasteiger partial charge in [-0.1, -0.05) is 30.3 Å². The summed E-state index contributed by atoms with van der Waals surface area (Å²) in [5.74, 6) is -0.731. The number of hydrogen-bond acceptors (Lipinski definition) is 5. The SMILES string of the molecule is COc1ccc(C(=O)NNC(=O)CCC(=O)OCCc2ccccc2)cc1I. The molecular weight excluding hydrogens is 475 g/mol. The molecule has 0 aromatic heterocycles. The van der Waals surface area contributed by atoms with E-state index in [1.807, 2.05) is 30.3 Å². The van der Waals surface area contributed by atoms with E-state index < -0.39 is 17.8 Å². The molecular formula is C20H21IN2O5. The molecule has 0 spiro atoms. The highest BCUT2D eigenvalue weighted by Gasteiger charge is 2.12. The molecule has 0 aliphatic heterocycles. The van der Waals surface area contributed by atoms with Gasteiger partial charge in [-0.15, -0.1) is 0 Å². The van der Waals surface area contributed by atoms with Crippen LogP contribution in [-0.4, -0.2) is 31.5 Å². The summed E-state index contributed by atoms with van der Waals surface area (Å²) in [7, 11) is 1.55. The van der Waals surface area contributed by atoms with Crippen molar-refractivity contribution in [1.29, 1.82) is 0 Å². The van der Waals surface area contributed by atoms with Crippen LogP contribution >= 0.6 is 22.6 Å². The van der Waals surface area contributed by atoms with E-state index in [1.165, 1.54) is 0 Å². The summed E-state index contributed by atoms with van der Waals surface area (Å²) in [5.41, 5.74) is 6.06. The molecule has 0 heterocycles. The molecule has 0 radical (unpaired) electrons. The maximum Gasteiger partial charge on any atom is 0.306 e. The van der Waals surface area contributed by atoms with Crippen molar-refractivity contribution in [3.8, 4) is 5.75 Å². The molecule has 2 aromatic carbocycles. The number of amides is 2. The van der Waals surface area contributed by atoms with Gasteiger partial charge in [-0.25, -0.2) is 0 Å². The van der Waals surface area contributed by atoms with E-state index in [2.05, 4.69) is 33.4 Å². The Morgan fingerprint density at radius 1 is 1.00 bits per heavy atom. The number of rotatable bonds is 8. The smallest absolute Gasteiger partial charge is 0.306 e. The summed E-state index contributed by atoms with van der Waals surface area (Å²) in [6.07, 6.45) is 0.483. The van der Waals surface area contributed by atoms with Crippen LogP contribution in [0.1, 0.15) is 28.8 Å².